The van der Waals surface area contributed by atoms with Crippen molar-refractivity contribution in [3.63, 3.8) is 0 Å². The number of anilines is 2. The molecule has 1 aromatic carbocycles. The number of hydrogen-bond donors (Lipinski definition) is 1. The van der Waals surface area contributed by atoms with E-state index in [1.165, 1.54) is 17.5 Å². The van der Waals surface area contributed by atoms with E-state index in [2.05, 4.69) is 39.3 Å². The number of benzene rings is 1. The molecule has 7 nitrogen and oxygen atoms in total. The molecule has 1 aliphatic carbocycles. The van der Waals surface area contributed by atoms with Gasteiger partial charge in [0.1, 0.15) is 5.82 Å². The van der Waals surface area contributed by atoms with Gasteiger partial charge < -0.3 is 20.0 Å². The van der Waals surface area contributed by atoms with Crippen LogP contribution in [0, 0.1) is 5.92 Å². The van der Waals surface area contributed by atoms with Crippen molar-refractivity contribution < 1.29 is 9.59 Å². The Hall–Kier alpha value is -2.93. The molecule has 2 aromatic rings. The Labute approximate surface area is 189 Å². The number of nitrogens with one attached hydrogen (secondary N) is 1. The molecule has 0 saturated carbocycles. The van der Waals surface area contributed by atoms with E-state index in [1.54, 1.807) is 4.90 Å². The van der Waals surface area contributed by atoms with E-state index in [9.17, 15) is 9.59 Å². The zero-order valence-electron chi connectivity index (χ0n) is 18.7. The van der Waals surface area contributed by atoms with Crippen LogP contribution in [-0.2, 0) is 29.0 Å². The molecule has 0 spiro atoms. The molecular formula is C25H31N5O2. The Kier molecular flexibility index (Phi) is 5.83. The molecule has 1 atom stereocenters. The van der Waals surface area contributed by atoms with Gasteiger partial charge in [-0.1, -0.05) is 12.1 Å². The summed E-state index contributed by atoms with van der Waals surface area (Å²) in [5.41, 5.74) is 4.68. The van der Waals surface area contributed by atoms with Crippen LogP contribution in [0.3, 0.4) is 0 Å². The third kappa shape index (κ3) is 4.21. The van der Waals surface area contributed by atoms with Crippen LogP contribution in [0.1, 0.15) is 29.5 Å². The van der Waals surface area contributed by atoms with Crippen molar-refractivity contribution >= 4 is 23.3 Å². The van der Waals surface area contributed by atoms with Crippen LogP contribution in [0.2, 0.25) is 0 Å². The maximum Gasteiger partial charge on any atom is 0.227 e. The lowest BCUT2D eigenvalue weighted by Gasteiger charge is -2.34. The number of pyridine rings is 1. The highest BCUT2D eigenvalue weighted by Gasteiger charge is 2.35. The number of rotatable bonds is 5. The van der Waals surface area contributed by atoms with Gasteiger partial charge in [0.15, 0.2) is 0 Å². The monoisotopic (exact) mass is 433 g/mol. The standard InChI is InChI=1S/C25H31N5O2/c1-28-10-12-29(13-11-28)24-20(6-3-9-26-24)16-27-25(32)21-15-23(31)30(17-21)22-8-7-18-4-2-5-19(18)14-22/h3,6-9,14,21H,2,4-5,10-13,15-17H2,1H3,(H,27,32). The first-order valence-electron chi connectivity index (χ1n) is 11.7. The van der Waals surface area contributed by atoms with Crippen LogP contribution in [-0.4, -0.2) is 61.5 Å². The summed E-state index contributed by atoms with van der Waals surface area (Å²) in [7, 11) is 2.13. The molecule has 168 valence electrons. The van der Waals surface area contributed by atoms with Crippen molar-refractivity contribution in [1.29, 1.82) is 0 Å². The Bertz CT molecular complexity index is 1020. The average molecular weight is 434 g/mol. The Balaban J connectivity index is 1.22. The van der Waals surface area contributed by atoms with E-state index >= 15 is 0 Å². The van der Waals surface area contributed by atoms with Crippen molar-refractivity contribution in [3.8, 4) is 0 Å². The van der Waals surface area contributed by atoms with Gasteiger partial charge in [-0.25, -0.2) is 4.98 Å². The quantitative estimate of drug-likeness (QED) is 0.781. The summed E-state index contributed by atoms with van der Waals surface area (Å²) < 4.78 is 0. The van der Waals surface area contributed by atoms with Crippen molar-refractivity contribution in [2.75, 3.05) is 49.6 Å². The number of nitrogens with zero attached hydrogens (tertiary/aromatic N) is 4. The lowest BCUT2D eigenvalue weighted by molar-refractivity contribution is -0.126. The second kappa shape index (κ2) is 8.90. The highest BCUT2D eigenvalue weighted by atomic mass is 16.2. The number of carbonyl (C=O) groups is 2. The van der Waals surface area contributed by atoms with Crippen molar-refractivity contribution in [1.82, 2.24) is 15.2 Å². The zero-order chi connectivity index (χ0) is 22.1. The third-order valence-electron chi connectivity index (χ3n) is 7.01. The number of fused-ring (bicyclic) bond motifs is 1. The van der Waals surface area contributed by atoms with Gasteiger partial charge in [-0.3, -0.25) is 9.59 Å². The molecule has 2 aliphatic heterocycles. The third-order valence-corrected chi connectivity index (χ3v) is 7.01. The predicted octanol–water partition coefficient (Wildman–Crippen LogP) is 1.99. The van der Waals surface area contributed by atoms with Crippen molar-refractivity contribution in [2.24, 2.45) is 5.92 Å². The van der Waals surface area contributed by atoms with Gasteiger partial charge in [-0.2, -0.15) is 0 Å². The number of carbonyl (C=O) groups excluding carboxylic acids is 2. The van der Waals surface area contributed by atoms with Crippen LogP contribution in [0.25, 0.3) is 0 Å². The summed E-state index contributed by atoms with van der Waals surface area (Å²) in [4.78, 5) is 36.6. The molecule has 7 heteroatoms. The van der Waals surface area contributed by atoms with Gasteiger partial charge >= 0.3 is 0 Å². The van der Waals surface area contributed by atoms with Crippen LogP contribution >= 0.6 is 0 Å². The number of hydrogen-bond acceptors (Lipinski definition) is 5. The molecule has 0 radical (unpaired) electrons. The summed E-state index contributed by atoms with van der Waals surface area (Å²) >= 11 is 0. The maximum absolute atomic E-state index is 12.9. The van der Waals surface area contributed by atoms with Gasteiger partial charge in [0, 0.05) is 63.1 Å². The smallest absolute Gasteiger partial charge is 0.227 e. The van der Waals surface area contributed by atoms with Crippen molar-refractivity contribution in [2.45, 2.75) is 32.2 Å². The molecule has 2 saturated heterocycles. The predicted molar refractivity (Wildman–Crippen MR) is 125 cm³/mol. The van der Waals surface area contributed by atoms with E-state index in [-0.39, 0.29) is 24.2 Å². The van der Waals surface area contributed by atoms with Gasteiger partial charge in [-0.05, 0) is 55.6 Å². The van der Waals surface area contributed by atoms with Crippen LogP contribution < -0.4 is 15.1 Å². The van der Waals surface area contributed by atoms with Gasteiger partial charge in [0.25, 0.3) is 0 Å². The Morgan fingerprint density at radius 1 is 1.12 bits per heavy atom. The van der Waals surface area contributed by atoms with E-state index in [0.29, 0.717) is 13.1 Å². The largest absolute Gasteiger partial charge is 0.354 e. The van der Waals surface area contributed by atoms with E-state index in [1.807, 2.05) is 24.4 Å². The highest BCUT2D eigenvalue weighted by Crippen LogP contribution is 2.30. The molecule has 1 N–H and O–H groups in total. The van der Waals surface area contributed by atoms with Gasteiger partial charge in [0.2, 0.25) is 11.8 Å². The van der Waals surface area contributed by atoms with E-state index < -0.39 is 0 Å². The highest BCUT2D eigenvalue weighted by molar-refractivity contribution is 6.00. The minimum absolute atomic E-state index is 0.0302. The van der Waals surface area contributed by atoms with Crippen LogP contribution in [0.5, 0.6) is 0 Å². The normalized spacial score (nSPS) is 21.2. The molecule has 3 heterocycles. The number of likely N-dealkylation sites (N-methyl/N-ethyl adjacent to an activating group) is 1. The summed E-state index contributed by atoms with van der Waals surface area (Å²) in [6, 6.07) is 10.2. The minimum atomic E-state index is -0.320. The average Bonchev–Trinajstić information content (AvgIpc) is 3.44. The number of piperazine rings is 1. The molecule has 0 bridgehead atoms. The Morgan fingerprint density at radius 2 is 1.94 bits per heavy atom. The Morgan fingerprint density at radius 3 is 2.78 bits per heavy atom. The molecule has 2 fully saturated rings. The lowest BCUT2D eigenvalue weighted by atomic mass is 10.1. The van der Waals surface area contributed by atoms with E-state index in [4.69, 9.17) is 0 Å². The van der Waals surface area contributed by atoms with Crippen LogP contribution in [0.4, 0.5) is 11.5 Å². The second-order valence-corrected chi connectivity index (χ2v) is 9.21. The minimum Gasteiger partial charge on any atom is -0.354 e. The van der Waals surface area contributed by atoms with Gasteiger partial charge in [-0.15, -0.1) is 0 Å². The SMILES string of the molecule is CN1CCN(c2ncccc2CNC(=O)C2CC(=O)N(c3ccc4c(c3)CCC4)C2)CC1. The second-order valence-electron chi connectivity index (χ2n) is 9.21. The molecule has 32 heavy (non-hydrogen) atoms. The molecular weight excluding hydrogens is 402 g/mol. The molecule has 5 rings (SSSR count). The molecule has 3 aliphatic rings. The number of amides is 2. The van der Waals surface area contributed by atoms with E-state index in [0.717, 1.165) is 56.1 Å². The first kappa shape index (κ1) is 20.9. The van der Waals surface area contributed by atoms with Gasteiger partial charge in [0.05, 0.1) is 5.92 Å². The van der Waals surface area contributed by atoms with Crippen molar-refractivity contribution in [3.05, 3.63) is 53.2 Å². The summed E-state index contributed by atoms with van der Waals surface area (Å²) in [5.74, 6) is 0.598. The molecule has 2 amide bonds. The molecule has 1 aromatic heterocycles. The lowest BCUT2D eigenvalue weighted by Crippen LogP contribution is -2.45. The maximum atomic E-state index is 12.9. The fourth-order valence-electron chi connectivity index (χ4n) is 5.06. The molecule has 1 unspecified atom stereocenters. The fourth-order valence-corrected chi connectivity index (χ4v) is 5.06. The zero-order valence-corrected chi connectivity index (χ0v) is 18.7. The fraction of sp³-hybridized carbons (Fsp3) is 0.480. The number of aryl methyl sites for hydroxylation is 2. The van der Waals surface area contributed by atoms with Crippen LogP contribution in [0.15, 0.2) is 36.5 Å². The summed E-state index contributed by atoms with van der Waals surface area (Å²) in [5, 5.41) is 3.07. The first-order valence-corrected chi connectivity index (χ1v) is 11.7. The topological polar surface area (TPSA) is 68.8 Å². The summed E-state index contributed by atoms with van der Waals surface area (Å²) in [6.45, 7) is 4.75. The summed E-state index contributed by atoms with van der Waals surface area (Å²) in [6.07, 6.45) is 5.46. The number of aromatic nitrogens is 1. The first-order chi connectivity index (χ1) is 15.6.